The van der Waals surface area contributed by atoms with E-state index in [-0.39, 0.29) is 6.61 Å². The van der Waals surface area contributed by atoms with Crippen molar-refractivity contribution in [1.82, 2.24) is 4.98 Å². The lowest BCUT2D eigenvalue weighted by Crippen LogP contribution is -2.32. The van der Waals surface area contributed by atoms with E-state index in [0.717, 1.165) is 5.69 Å². The molecule has 0 fully saturated rings. The van der Waals surface area contributed by atoms with E-state index in [2.05, 4.69) is 16.8 Å². The fraction of sp³-hybridized carbons (Fsp3) is 0.545. The minimum Gasteiger partial charge on any atom is -0.390 e. The molecule has 0 saturated heterocycles. The molecule has 0 amide bonds. The lowest BCUT2D eigenvalue weighted by Gasteiger charge is -2.26. The second kappa shape index (κ2) is 5.68. The number of aromatic nitrogens is 1. The monoisotopic (exact) mass is 210 g/mol. The number of hydrogen-bond donors (Lipinski definition) is 1. The minimum absolute atomic E-state index is 0.0274. The first kappa shape index (κ1) is 11.9. The fourth-order valence-electron chi connectivity index (χ4n) is 1.38. The summed E-state index contributed by atoms with van der Waals surface area (Å²) >= 11 is 0. The Labute approximate surface area is 90.5 Å². The summed E-state index contributed by atoms with van der Waals surface area (Å²) in [7, 11) is 3.69. The van der Waals surface area contributed by atoms with Crippen LogP contribution in [0.5, 0.6) is 0 Å². The van der Waals surface area contributed by atoms with Gasteiger partial charge in [-0.15, -0.1) is 0 Å². The van der Waals surface area contributed by atoms with Crippen molar-refractivity contribution in [3.05, 3.63) is 24.0 Å². The molecule has 0 spiro atoms. The predicted octanol–water partition coefficient (Wildman–Crippen LogP) is 1.05. The smallest absolute Gasteiger partial charge is 0.0853 e. The van der Waals surface area contributed by atoms with E-state index >= 15 is 0 Å². The van der Waals surface area contributed by atoms with Crippen LogP contribution in [0.25, 0.3) is 0 Å². The first-order valence-corrected chi connectivity index (χ1v) is 4.96. The quantitative estimate of drug-likeness (QED) is 0.789. The zero-order valence-electron chi connectivity index (χ0n) is 9.47. The highest BCUT2D eigenvalue weighted by atomic mass is 16.5. The van der Waals surface area contributed by atoms with Crippen LogP contribution in [0, 0.1) is 0 Å². The molecule has 1 atom stereocenters. The number of anilines is 1. The molecule has 4 heteroatoms. The molecule has 0 radical (unpaired) electrons. The largest absolute Gasteiger partial charge is 0.390 e. The van der Waals surface area contributed by atoms with Crippen LogP contribution in [0.15, 0.2) is 18.3 Å². The Hall–Kier alpha value is -1.13. The molecule has 84 valence electrons. The van der Waals surface area contributed by atoms with Crippen LogP contribution in [0.1, 0.15) is 12.6 Å². The van der Waals surface area contributed by atoms with Gasteiger partial charge in [0.15, 0.2) is 0 Å². The molecule has 4 nitrogen and oxygen atoms in total. The van der Waals surface area contributed by atoms with Crippen LogP contribution in [0.3, 0.4) is 0 Å². The molecule has 1 heterocycles. The van der Waals surface area contributed by atoms with Crippen LogP contribution >= 0.6 is 0 Å². The van der Waals surface area contributed by atoms with Crippen LogP contribution in [-0.2, 0) is 11.3 Å². The molecule has 0 aliphatic carbocycles. The number of rotatable bonds is 5. The Morgan fingerprint density at radius 1 is 1.60 bits per heavy atom. The van der Waals surface area contributed by atoms with Gasteiger partial charge in [-0.2, -0.15) is 0 Å². The van der Waals surface area contributed by atoms with Crippen molar-refractivity contribution in [3.8, 4) is 0 Å². The van der Waals surface area contributed by atoms with Crippen molar-refractivity contribution in [2.75, 3.05) is 25.7 Å². The number of hydrogen-bond acceptors (Lipinski definition) is 4. The molecule has 15 heavy (non-hydrogen) atoms. The van der Waals surface area contributed by atoms with Crippen molar-refractivity contribution in [2.45, 2.75) is 19.6 Å². The molecular formula is C11H18N2O2. The van der Waals surface area contributed by atoms with E-state index in [1.807, 2.05) is 19.2 Å². The lowest BCUT2D eigenvalue weighted by atomic mass is 10.2. The van der Waals surface area contributed by atoms with Crippen LogP contribution in [-0.4, -0.2) is 36.9 Å². The van der Waals surface area contributed by atoms with Crippen molar-refractivity contribution in [2.24, 2.45) is 0 Å². The van der Waals surface area contributed by atoms with Gasteiger partial charge in [-0.1, -0.05) is 0 Å². The minimum atomic E-state index is -0.0274. The SMILES string of the molecule is COCC(C)N(C)c1ccnc(CO)c1. The van der Waals surface area contributed by atoms with Crippen LogP contribution in [0.4, 0.5) is 5.69 Å². The van der Waals surface area contributed by atoms with E-state index in [1.165, 1.54) is 0 Å². The maximum Gasteiger partial charge on any atom is 0.0853 e. The zero-order chi connectivity index (χ0) is 11.3. The van der Waals surface area contributed by atoms with E-state index in [9.17, 15) is 0 Å². The van der Waals surface area contributed by atoms with Crippen molar-refractivity contribution in [3.63, 3.8) is 0 Å². The summed E-state index contributed by atoms with van der Waals surface area (Å²) in [4.78, 5) is 6.14. The highest BCUT2D eigenvalue weighted by Gasteiger charge is 2.09. The van der Waals surface area contributed by atoms with Crippen LogP contribution < -0.4 is 4.90 Å². The van der Waals surface area contributed by atoms with E-state index in [4.69, 9.17) is 9.84 Å². The summed E-state index contributed by atoms with van der Waals surface area (Å²) in [6.07, 6.45) is 1.71. The van der Waals surface area contributed by atoms with E-state index in [1.54, 1.807) is 13.3 Å². The zero-order valence-corrected chi connectivity index (χ0v) is 9.47. The number of aliphatic hydroxyl groups is 1. The predicted molar refractivity (Wildman–Crippen MR) is 59.9 cm³/mol. The molecule has 0 aromatic carbocycles. The lowest BCUT2D eigenvalue weighted by molar-refractivity contribution is 0.183. The molecule has 0 aliphatic heterocycles. The number of ether oxygens (including phenoxy) is 1. The number of likely N-dealkylation sites (N-methyl/N-ethyl adjacent to an activating group) is 1. The summed E-state index contributed by atoms with van der Waals surface area (Å²) in [5, 5.41) is 8.98. The maximum absolute atomic E-state index is 8.98. The highest BCUT2D eigenvalue weighted by Crippen LogP contribution is 2.15. The Morgan fingerprint density at radius 3 is 2.93 bits per heavy atom. The standard InChI is InChI=1S/C11H18N2O2/c1-9(8-15-3)13(2)11-4-5-12-10(6-11)7-14/h4-6,9,14H,7-8H2,1-3H3. The van der Waals surface area contributed by atoms with Gasteiger partial charge in [-0.05, 0) is 19.1 Å². The molecule has 0 aliphatic rings. The molecular weight excluding hydrogens is 192 g/mol. The average molecular weight is 210 g/mol. The number of nitrogens with zero attached hydrogens (tertiary/aromatic N) is 2. The molecule has 1 rings (SSSR count). The molecule has 1 N–H and O–H groups in total. The summed E-state index contributed by atoms with van der Waals surface area (Å²) in [6, 6.07) is 4.10. The average Bonchev–Trinajstić information content (AvgIpc) is 2.28. The third-order valence-electron chi connectivity index (χ3n) is 2.44. The number of pyridine rings is 1. The maximum atomic E-state index is 8.98. The second-order valence-electron chi connectivity index (χ2n) is 3.58. The van der Waals surface area contributed by atoms with Gasteiger partial charge in [0, 0.05) is 32.1 Å². The molecule has 0 bridgehead atoms. The van der Waals surface area contributed by atoms with Gasteiger partial charge in [0.2, 0.25) is 0 Å². The van der Waals surface area contributed by atoms with Gasteiger partial charge in [-0.3, -0.25) is 4.98 Å². The van der Waals surface area contributed by atoms with Gasteiger partial charge in [0.1, 0.15) is 0 Å². The summed E-state index contributed by atoms with van der Waals surface area (Å²) in [5.74, 6) is 0. The Balaban J connectivity index is 2.76. The van der Waals surface area contributed by atoms with Crippen molar-refractivity contribution < 1.29 is 9.84 Å². The Kier molecular flexibility index (Phi) is 4.52. The second-order valence-corrected chi connectivity index (χ2v) is 3.58. The molecule has 1 aromatic heterocycles. The van der Waals surface area contributed by atoms with E-state index < -0.39 is 0 Å². The van der Waals surface area contributed by atoms with Crippen molar-refractivity contribution in [1.29, 1.82) is 0 Å². The number of methoxy groups -OCH3 is 1. The summed E-state index contributed by atoms with van der Waals surface area (Å²) < 4.78 is 5.10. The van der Waals surface area contributed by atoms with Gasteiger partial charge < -0.3 is 14.7 Å². The fourth-order valence-corrected chi connectivity index (χ4v) is 1.38. The molecule has 1 unspecified atom stereocenters. The van der Waals surface area contributed by atoms with Crippen LogP contribution in [0.2, 0.25) is 0 Å². The third-order valence-corrected chi connectivity index (χ3v) is 2.44. The Bertz CT molecular complexity index is 304. The number of aliphatic hydroxyl groups excluding tert-OH is 1. The Morgan fingerprint density at radius 2 is 2.33 bits per heavy atom. The van der Waals surface area contributed by atoms with Gasteiger partial charge in [0.25, 0.3) is 0 Å². The summed E-state index contributed by atoms with van der Waals surface area (Å²) in [6.45, 7) is 2.73. The summed E-state index contributed by atoms with van der Waals surface area (Å²) in [5.41, 5.74) is 1.72. The topological polar surface area (TPSA) is 45.6 Å². The normalized spacial score (nSPS) is 12.5. The van der Waals surface area contributed by atoms with Gasteiger partial charge in [0.05, 0.1) is 18.9 Å². The van der Waals surface area contributed by atoms with Gasteiger partial charge in [-0.25, -0.2) is 0 Å². The molecule has 0 saturated carbocycles. The first-order chi connectivity index (χ1) is 7.19. The molecule has 1 aromatic rings. The highest BCUT2D eigenvalue weighted by molar-refractivity contribution is 5.46. The van der Waals surface area contributed by atoms with Gasteiger partial charge >= 0.3 is 0 Å². The van der Waals surface area contributed by atoms with E-state index in [0.29, 0.717) is 18.3 Å². The van der Waals surface area contributed by atoms with Crippen molar-refractivity contribution >= 4 is 5.69 Å². The third kappa shape index (κ3) is 3.18. The first-order valence-electron chi connectivity index (χ1n) is 4.96.